The maximum Gasteiger partial charge on any atom is 0.405 e. The lowest BCUT2D eigenvalue weighted by Gasteiger charge is -2.10. The molecule has 0 aromatic carbocycles. The van der Waals surface area contributed by atoms with Gasteiger partial charge in [-0.05, 0) is 18.4 Å². The number of nitrogens with one attached hydrogen (secondary N) is 1. The van der Waals surface area contributed by atoms with Crippen LogP contribution in [0.25, 0.3) is 0 Å². The minimum absolute atomic E-state index is 0.308. The van der Waals surface area contributed by atoms with Crippen molar-refractivity contribution in [1.29, 1.82) is 0 Å². The second-order valence-electron chi connectivity index (χ2n) is 2.12. The van der Waals surface area contributed by atoms with E-state index >= 15 is 0 Å². The van der Waals surface area contributed by atoms with E-state index in [9.17, 15) is 9.59 Å². The topological polar surface area (TPSA) is 86.6 Å². The van der Waals surface area contributed by atoms with Gasteiger partial charge in [-0.2, -0.15) is 11.8 Å². The van der Waals surface area contributed by atoms with E-state index in [0.717, 1.165) is 0 Å². The fraction of sp³-hybridized carbons (Fsp3) is 0.667. The molecule has 0 rings (SSSR count). The first kappa shape index (κ1) is 11.1. The van der Waals surface area contributed by atoms with Gasteiger partial charge in [0.15, 0.2) is 0 Å². The van der Waals surface area contributed by atoms with Crippen LogP contribution in [-0.2, 0) is 4.79 Å². The number of hydrogen-bond acceptors (Lipinski definition) is 3. The fourth-order valence-electron chi connectivity index (χ4n) is 0.642. The van der Waals surface area contributed by atoms with Crippen LogP contribution in [0.2, 0.25) is 0 Å². The Kier molecular flexibility index (Phi) is 5.27. The molecule has 3 N–H and O–H groups in total. The van der Waals surface area contributed by atoms with Crippen molar-refractivity contribution in [1.82, 2.24) is 5.32 Å². The number of rotatable bonds is 5. The van der Waals surface area contributed by atoms with Gasteiger partial charge >= 0.3 is 12.1 Å². The van der Waals surface area contributed by atoms with Gasteiger partial charge in [-0.25, -0.2) is 9.59 Å². The van der Waals surface area contributed by atoms with E-state index in [1.54, 1.807) is 0 Å². The summed E-state index contributed by atoms with van der Waals surface area (Å²) in [6, 6.07) is -0.991. The van der Waals surface area contributed by atoms with Gasteiger partial charge in [-0.3, -0.25) is 0 Å². The Morgan fingerprint density at radius 3 is 2.67 bits per heavy atom. The Labute approximate surface area is 74.1 Å². The molecule has 0 radical (unpaired) electrons. The lowest BCUT2D eigenvalue weighted by Crippen LogP contribution is -2.40. The van der Waals surface area contributed by atoms with Crippen LogP contribution in [-0.4, -0.2) is 40.3 Å². The van der Waals surface area contributed by atoms with E-state index in [4.69, 9.17) is 10.2 Å². The van der Waals surface area contributed by atoms with Crippen molar-refractivity contribution >= 4 is 23.8 Å². The molecule has 1 amide bonds. The van der Waals surface area contributed by atoms with Crippen LogP contribution in [0.15, 0.2) is 0 Å². The molecule has 0 heterocycles. The third kappa shape index (κ3) is 4.84. The molecule has 0 aliphatic heterocycles. The van der Waals surface area contributed by atoms with Crippen LogP contribution in [0.1, 0.15) is 6.42 Å². The van der Waals surface area contributed by atoms with E-state index in [1.165, 1.54) is 11.8 Å². The third-order valence-corrected chi connectivity index (χ3v) is 1.85. The van der Waals surface area contributed by atoms with Crippen molar-refractivity contribution in [3.05, 3.63) is 0 Å². The van der Waals surface area contributed by atoms with Gasteiger partial charge in [0.2, 0.25) is 0 Å². The Hall–Kier alpha value is -0.910. The third-order valence-electron chi connectivity index (χ3n) is 1.21. The molecule has 0 saturated carbocycles. The van der Waals surface area contributed by atoms with E-state index in [0.29, 0.717) is 12.2 Å². The van der Waals surface area contributed by atoms with Crippen molar-refractivity contribution in [2.24, 2.45) is 0 Å². The minimum Gasteiger partial charge on any atom is -0.480 e. The SMILES string of the molecule is CSCC[C@H](N[14C](=O)O)C(=O)O. The summed E-state index contributed by atoms with van der Waals surface area (Å²) in [6.45, 7) is 0. The molecule has 0 bridgehead atoms. The average molecular weight is 195 g/mol. The molecule has 70 valence electrons. The van der Waals surface area contributed by atoms with Gasteiger partial charge in [0.25, 0.3) is 0 Å². The van der Waals surface area contributed by atoms with E-state index in [2.05, 4.69) is 0 Å². The largest absolute Gasteiger partial charge is 0.480 e. The molecule has 0 unspecified atom stereocenters. The quantitative estimate of drug-likeness (QED) is 0.593. The van der Waals surface area contributed by atoms with Gasteiger partial charge in [0.05, 0.1) is 0 Å². The van der Waals surface area contributed by atoms with Crippen LogP contribution >= 0.6 is 11.8 Å². The zero-order valence-electron chi connectivity index (χ0n) is 6.61. The number of aliphatic carboxylic acids is 1. The van der Waals surface area contributed by atoms with Crippen LogP contribution in [0, 0.1) is 0 Å². The molecule has 1 atom stereocenters. The molecule has 0 aliphatic rings. The van der Waals surface area contributed by atoms with Crippen LogP contribution in [0.3, 0.4) is 0 Å². The molecule has 0 aliphatic carbocycles. The van der Waals surface area contributed by atoms with Gasteiger partial charge in [0, 0.05) is 0 Å². The lowest BCUT2D eigenvalue weighted by molar-refractivity contribution is -0.139. The van der Waals surface area contributed by atoms with Crippen molar-refractivity contribution in [2.75, 3.05) is 12.0 Å². The molecule has 0 aromatic rings. The summed E-state index contributed by atoms with van der Waals surface area (Å²) < 4.78 is 0. The first-order chi connectivity index (χ1) is 5.57. The smallest absolute Gasteiger partial charge is 0.405 e. The van der Waals surface area contributed by atoms with Crippen molar-refractivity contribution in [3.8, 4) is 0 Å². The molecule has 5 nitrogen and oxygen atoms in total. The molecule has 0 saturated heterocycles. The zero-order chi connectivity index (χ0) is 9.56. The summed E-state index contributed by atoms with van der Waals surface area (Å²) in [4.78, 5) is 20.5. The second kappa shape index (κ2) is 5.70. The Balaban J connectivity index is 3.87. The molecule has 0 fully saturated rings. The highest BCUT2D eigenvalue weighted by Crippen LogP contribution is 2.00. The number of hydrogen-bond donors (Lipinski definition) is 3. The summed E-state index contributed by atoms with van der Waals surface area (Å²) in [5, 5.41) is 18.7. The highest BCUT2D eigenvalue weighted by atomic mass is 32.2. The minimum atomic E-state index is -1.30. The molecular weight excluding hydrogens is 184 g/mol. The summed E-state index contributed by atoms with van der Waals surface area (Å²) in [5.41, 5.74) is 0. The maximum absolute atomic E-state index is 10.4. The normalized spacial score (nSPS) is 12.1. The Morgan fingerprint density at radius 1 is 1.75 bits per heavy atom. The van der Waals surface area contributed by atoms with E-state index < -0.39 is 18.1 Å². The van der Waals surface area contributed by atoms with Gasteiger partial charge in [-0.15, -0.1) is 0 Å². The molecule has 12 heavy (non-hydrogen) atoms. The summed E-state index contributed by atoms with van der Waals surface area (Å²) in [7, 11) is 0. The standard InChI is InChI=1S/C6H11NO4S/c1-12-3-2-4(5(8)9)7-6(10)11/h4,7H,2-3H2,1H3,(H,8,9)(H,10,11)/t4-/m0/s1/i6+2. The predicted octanol–water partition coefficient (Wildman–Crippen LogP) is 0.460. The van der Waals surface area contributed by atoms with E-state index in [-0.39, 0.29) is 0 Å². The number of carbonyl (C=O) groups is 2. The van der Waals surface area contributed by atoms with Crippen LogP contribution in [0.5, 0.6) is 0 Å². The molecular formula is C6H11NO4S. The molecule has 0 spiro atoms. The monoisotopic (exact) mass is 195 g/mol. The Bertz CT molecular complexity index is 173. The number of amides is 1. The highest BCUT2D eigenvalue weighted by molar-refractivity contribution is 7.98. The van der Waals surface area contributed by atoms with Gasteiger partial charge in [-0.1, -0.05) is 0 Å². The summed E-state index contributed by atoms with van der Waals surface area (Å²) >= 11 is 1.48. The lowest BCUT2D eigenvalue weighted by atomic mass is 10.2. The number of carboxylic acid groups (broad SMARTS) is 2. The number of carboxylic acids is 1. The summed E-state index contributed by atoms with van der Waals surface area (Å²) in [5.74, 6) is -0.511. The highest BCUT2D eigenvalue weighted by Gasteiger charge is 2.18. The fourth-order valence-corrected chi connectivity index (χ4v) is 1.11. The first-order valence-electron chi connectivity index (χ1n) is 3.29. The van der Waals surface area contributed by atoms with Crippen LogP contribution < -0.4 is 5.32 Å². The molecule has 0 aromatic heterocycles. The zero-order valence-corrected chi connectivity index (χ0v) is 7.43. The number of thioether (sulfide) groups is 1. The maximum atomic E-state index is 10.4. The van der Waals surface area contributed by atoms with Crippen molar-refractivity contribution < 1.29 is 19.8 Å². The first-order valence-corrected chi connectivity index (χ1v) is 4.68. The van der Waals surface area contributed by atoms with Gasteiger partial charge in [0.1, 0.15) is 6.04 Å². The van der Waals surface area contributed by atoms with Crippen molar-refractivity contribution in [2.45, 2.75) is 12.5 Å². The molecule has 6 heteroatoms. The average Bonchev–Trinajstić information content (AvgIpc) is 1.96. The van der Waals surface area contributed by atoms with E-state index in [1.807, 2.05) is 11.6 Å². The predicted molar refractivity (Wildman–Crippen MR) is 45.6 cm³/mol. The Morgan fingerprint density at radius 2 is 2.33 bits per heavy atom. The second-order valence-corrected chi connectivity index (χ2v) is 3.11. The van der Waals surface area contributed by atoms with Crippen molar-refractivity contribution in [3.63, 3.8) is 0 Å². The summed E-state index contributed by atoms with van der Waals surface area (Å²) in [6.07, 6.45) is 0.839. The van der Waals surface area contributed by atoms with Crippen LogP contribution in [0.4, 0.5) is 4.79 Å². The van der Waals surface area contributed by atoms with Gasteiger partial charge < -0.3 is 15.5 Å².